The number of ether oxygens (including phenoxy) is 26. The van der Waals surface area contributed by atoms with Gasteiger partial charge in [-0.2, -0.15) is 0 Å². The normalized spacial score (nSPS) is 38.8. The van der Waals surface area contributed by atoms with Crippen molar-refractivity contribution in [2.45, 2.75) is 236 Å². The van der Waals surface area contributed by atoms with Gasteiger partial charge in [0.2, 0.25) is 5.75 Å². The quantitative estimate of drug-likeness (QED) is 0.0270. The van der Waals surface area contributed by atoms with Crippen LogP contribution < -0.4 is 24.8 Å². The molecule has 0 aromatic heterocycles. The average molecular weight is 1810 g/mol. The van der Waals surface area contributed by atoms with Crippen molar-refractivity contribution in [2.75, 3.05) is 198 Å². The Morgan fingerprint density at radius 2 is 0.484 bits per heavy atom. The zero-order valence-corrected chi connectivity index (χ0v) is 69.0. The smallest absolute Gasteiger partial charge is 0.251 e. The highest BCUT2D eigenvalue weighted by atomic mass is 16.8. The Labute approximate surface area is 713 Å². The van der Waals surface area contributed by atoms with E-state index in [0.29, 0.717) is 59.5 Å². The lowest BCUT2D eigenvalue weighted by Gasteiger charge is -2.50. The van der Waals surface area contributed by atoms with Crippen LogP contribution in [0.25, 0.3) is 0 Å². The first kappa shape index (κ1) is 104. The standard InChI is InChI=1S/C75H128N2O47/c1-4-99-9-12-102-15-18-105-21-24-108-37-27-36(28-38(109-25-22-106-19-16-103-13-10-100-5-2)60(37)110-26-23-107-20-17-104-14-11-101-6-3)68(98)77-8-7-76-29-39-61-46(84)53(91)69(111-39)119-62-40(30-78)113-71(55(93)48(62)86)121-64-42(32-80)115-73(57(95)50(64)88)123-66-44(34-82)117-75(59(97)52(66)90)124-67-45(35-83)116-74(58(96)51(67)89)122-65-43(33-81)114-72(56(94)49(65)87)120-63-41(31-79)112-70(118-61)54(92)47(63)85/h27-28,39-59,61-67,69-76,78-97H,4-26,29-35H2,1-3H3,(H,77,98)/t39-,40-,41-,42-,43-,44-,45-,46-,47-,48-,49-,50-,51-,52-,53-,54-,55-,56-,57-,58-,59-,61-,62-,63-,64-,65-,66-,67-,69-,70-,71-,72-,73-,74-,75-/m1/s1. The summed E-state index contributed by atoms with van der Waals surface area (Å²) in [5, 5.41) is 234. The van der Waals surface area contributed by atoms with E-state index in [-0.39, 0.29) is 115 Å². The number of rotatable bonds is 45. The van der Waals surface area contributed by atoms with Crippen LogP contribution >= 0.6 is 0 Å². The Morgan fingerprint density at radius 3 is 0.718 bits per heavy atom. The van der Waals surface area contributed by atoms with E-state index in [1.807, 2.05) is 20.8 Å². The summed E-state index contributed by atoms with van der Waals surface area (Å²) in [6.07, 6.45) is -72.3. The Bertz CT molecular complexity index is 3040. The predicted molar refractivity (Wildman–Crippen MR) is 404 cm³/mol. The second kappa shape index (κ2) is 53.7. The van der Waals surface area contributed by atoms with Crippen LogP contribution in [0.4, 0.5) is 0 Å². The molecule has 21 aliphatic heterocycles. The molecule has 21 fully saturated rings. The number of aliphatic hydroxyl groups is 20. The molecule has 22 N–H and O–H groups in total. The van der Waals surface area contributed by atoms with Crippen LogP contribution in [0.5, 0.6) is 17.2 Å². The number of amides is 1. The maximum atomic E-state index is 14.4. The van der Waals surface area contributed by atoms with Crippen LogP contribution in [0.2, 0.25) is 0 Å². The van der Waals surface area contributed by atoms with E-state index >= 15 is 0 Å². The lowest BCUT2D eigenvalue weighted by atomic mass is 9.95. The first-order chi connectivity index (χ1) is 59.9. The number of hydrogen-bond donors (Lipinski definition) is 22. The zero-order valence-electron chi connectivity index (χ0n) is 69.0. The number of benzene rings is 1. The van der Waals surface area contributed by atoms with Gasteiger partial charge in [0.15, 0.2) is 55.5 Å². The van der Waals surface area contributed by atoms with Crippen molar-refractivity contribution >= 4 is 5.91 Å². The second-order valence-electron chi connectivity index (χ2n) is 29.5. The number of hydrogen-bond acceptors (Lipinski definition) is 48. The third-order valence-electron chi connectivity index (χ3n) is 21.1. The van der Waals surface area contributed by atoms with Gasteiger partial charge in [-0.15, -0.1) is 0 Å². The molecule has 1 aromatic rings. The molecule has 21 heterocycles. The Hall–Kier alpha value is -3.67. The van der Waals surface area contributed by atoms with Crippen LogP contribution in [0, 0.1) is 0 Å². The minimum absolute atomic E-state index is 0.000180. The van der Waals surface area contributed by atoms with Crippen molar-refractivity contribution in [2.24, 2.45) is 0 Å². The molecule has 21 aliphatic rings. The van der Waals surface area contributed by atoms with E-state index in [2.05, 4.69) is 10.6 Å². The van der Waals surface area contributed by atoms with Crippen molar-refractivity contribution in [3.05, 3.63) is 17.7 Å². The third-order valence-corrected chi connectivity index (χ3v) is 21.1. The lowest BCUT2D eigenvalue weighted by Crippen LogP contribution is -2.68. The number of carbonyl (C=O) groups is 1. The molecule has 14 bridgehead atoms. The van der Waals surface area contributed by atoms with Gasteiger partial charge in [0, 0.05) is 45.0 Å². The fourth-order valence-corrected chi connectivity index (χ4v) is 14.5. The predicted octanol–water partition coefficient (Wildman–Crippen LogP) is -12.9. The summed E-state index contributed by atoms with van der Waals surface area (Å²) in [4.78, 5) is 14.4. The summed E-state index contributed by atoms with van der Waals surface area (Å²) < 4.78 is 151. The van der Waals surface area contributed by atoms with Crippen LogP contribution in [-0.4, -0.2) is 521 Å². The fourth-order valence-electron chi connectivity index (χ4n) is 14.5. The molecule has 0 aliphatic carbocycles. The Morgan fingerprint density at radius 1 is 0.274 bits per heavy atom. The molecular weight excluding hydrogens is 1680 g/mol. The van der Waals surface area contributed by atoms with E-state index in [1.54, 1.807) is 0 Å². The SMILES string of the molecule is CCOCCOCCOCCOc1cc(C(=O)NCCNC[C@H]2O[C@@H]3O[C@H]4[C@H](O)[C@@H](O)[C@@H](O[C@H]5[C@H](O)[C@@H](O)[C@@H](O[C@H]6[C@H](O)[C@@H](O)[C@@H](O[C@H]7[C@H](O)[C@@H](O)[C@@H](O[C@H]8[C@H](O)[C@@H](O)[C@@H](O[C@H]9[C@H](O)[C@@H](O)[C@@H](O[C@H]2[C@H](O)[C@H]3O)O[C@@H]9CO)O[C@@H]8CO)O[C@@H]7CO)O[C@@H]6CO)O[C@@H]5CO)O[C@@H]4CO)cc(OCCOCCOCCOCC)c1OCCOCCOCCOCC. The van der Waals surface area contributed by atoms with E-state index in [9.17, 15) is 107 Å². The molecule has 1 amide bonds. The highest BCUT2D eigenvalue weighted by Gasteiger charge is 2.60. The highest BCUT2D eigenvalue weighted by Crippen LogP contribution is 2.42. The zero-order chi connectivity index (χ0) is 89.5. The van der Waals surface area contributed by atoms with Gasteiger partial charge in [-0.3, -0.25) is 4.79 Å². The van der Waals surface area contributed by atoms with Gasteiger partial charge < -0.3 is 236 Å². The van der Waals surface area contributed by atoms with Crippen molar-refractivity contribution in [3.63, 3.8) is 0 Å². The van der Waals surface area contributed by atoms with Crippen LogP contribution in [-0.2, 0) is 109 Å². The van der Waals surface area contributed by atoms with Crippen molar-refractivity contribution in [3.8, 4) is 17.2 Å². The highest BCUT2D eigenvalue weighted by molar-refractivity contribution is 5.95. The Balaban J connectivity index is 0.957. The molecule has 35 atom stereocenters. The van der Waals surface area contributed by atoms with Gasteiger partial charge in [0.1, 0.15) is 191 Å². The lowest BCUT2D eigenvalue weighted by molar-refractivity contribution is -0.396. The van der Waals surface area contributed by atoms with E-state index in [0.717, 1.165) is 0 Å². The second-order valence-corrected chi connectivity index (χ2v) is 29.5. The number of carbonyl (C=O) groups excluding carboxylic acids is 1. The summed E-state index contributed by atoms with van der Waals surface area (Å²) >= 11 is 0. The minimum atomic E-state index is -2.29. The Kier molecular flexibility index (Phi) is 45.1. The largest absolute Gasteiger partial charge is 0.487 e. The third kappa shape index (κ3) is 28.2. The monoisotopic (exact) mass is 1810 g/mol. The summed E-state index contributed by atoms with van der Waals surface area (Å²) in [6.45, 7) is 3.72. The summed E-state index contributed by atoms with van der Waals surface area (Å²) in [7, 11) is 0. The topological polar surface area (TPSA) is 686 Å². The first-order valence-electron chi connectivity index (χ1n) is 41.5. The molecule has 1 aromatic carbocycles. The van der Waals surface area contributed by atoms with Crippen LogP contribution in [0.15, 0.2) is 12.1 Å². The maximum absolute atomic E-state index is 14.4. The summed E-state index contributed by atoms with van der Waals surface area (Å²) in [5.74, 6) is -0.471. The van der Waals surface area contributed by atoms with E-state index < -0.39 is 267 Å². The molecular formula is C75H128N2O47. The van der Waals surface area contributed by atoms with Crippen molar-refractivity contribution < 1.29 is 230 Å². The van der Waals surface area contributed by atoms with Gasteiger partial charge in [-0.1, -0.05) is 0 Å². The molecule has 720 valence electrons. The molecule has 0 unspecified atom stereocenters. The maximum Gasteiger partial charge on any atom is 0.251 e. The van der Waals surface area contributed by atoms with Gasteiger partial charge >= 0.3 is 0 Å². The molecule has 21 saturated heterocycles. The average Bonchev–Trinajstić information content (AvgIpc) is 0.796. The molecule has 0 saturated carbocycles. The molecule has 0 radical (unpaired) electrons. The van der Waals surface area contributed by atoms with Crippen LogP contribution in [0.3, 0.4) is 0 Å². The fraction of sp³-hybridized carbons (Fsp3) is 0.907. The molecule has 124 heavy (non-hydrogen) atoms. The molecule has 22 rings (SSSR count). The van der Waals surface area contributed by atoms with Crippen molar-refractivity contribution in [1.82, 2.24) is 10.6 Å². The van der Waals surface area contributed by atoms with E-state index in [4.69, 9.17) is 123 Å². The van der Waals surface area contributed by atoms with Gasteiger partial charge in [-0.25, -0.2) is 0 Å². The molecule has 49 heteroatoms. The van der Waals surface area contributed by atoms with Crippen LogP contribution in [0.1, 0.15) is 31.1 Å². The van der Waals surface area contributed by atoms with Gasteiger partial charge in [0.05, 0.1) is 139 Å². The summed E-state index contributed by atoms with van der Waals surface area (Å²) in [5.41, 5.74) is 0.000180. The summed E-state index contributed by atoms with van der Waals surface area (Å²) in [6, 6.07) is 2.82. The van der Waals surface area contributed by atoms with Gasteiger partial charge in [-0.05, 0) is 32.9 Å². The van der Waals surface area contributed by atoms with E-state index in [1.165, 1.54) is 12.1 Å². The molecule has 49 nitrogen and oxygen atoms in total. The number of nitrogens with one attached hydrogen (secondary N) is 2. The van der Waals surface area contributed by atoms with Crippen molar-refractivity contribution in [1.29, 1.82) is 0 Å². The first-order valence-corrected chi connectivity index (χ1v) is 41.5. The van der Waals surface area contributed by atoms with Gasteiger partial charge in [0.25, 0.3) is 5.91 Å². The molecule has 0 spiro atoms. The minimum Gasteiger partial charge on any atom is -0.487 e. The number of aliphatic hydroxyl groups excluding tert-OH is 20.